The van der Waals surface area contributed by atoms with Gasteiger partial charge >= 0.3 is 21.1 Å². The van der Waals surface area contributed by atoms with Gasteiger partial charge in [0.15, 0.2) is 18.1 Å². The van der Waals surface area contributed by atoms with Gasteiger partial charge in [-0.2, -0.15) is 4.39 Å². The van der Waals surface area contributed by atoms with Crippen LogP contribution in [0.4, 0.5) is 4.39 Å². The summed E-state index contributed by atoms with van der Waals surface area (Å²) in [6.07, 6.45) is -14.0. The zero-order valence-electron chi connectivity index (χ0n) is 18.3. The van der Waals surface area contributed by atoms with Crippen LogP contribution in [0.1, 0.15) is 6.23 Å². The smallest absolute Gasteiger partial charge is 0.479 e. The monoisotopic (exact) mass is 580 g/mol. The minimum absolute atomic E-state index is 0.691. The van der Waals surface area contributed by atoms with Gasteiger partial charge in [-0.1, -0.05) is 0 Å². The molecule has 2 unspecified atom stereocenters. The first-order valence-corrected chi connectivity index (χ1v) is 13.2. The normalized spacial score (nSPS) is 35.4. The second-order valence-electron chi connectivity index (χ2n) is 7.85. The summed E-state index contributed by atoms with van der Waals surface area (Å²) in [6.45, 7) is -2.11. The molecule has 0 radical (unpaired) electrons. The SMILES string of the molecule is O=c1ccn([C@@H]2O[C@H](COP(=O)(O)OP(=O)(O)/C(F)=C3/O[C@@H]([C@H](O)CO)[C@H](O)[C@H]3O)[C@@H](O)[C@H]2O)c(=O)[nH]1. The Kier molecular flexibility index (Phi) is 8.93. The number of H-pyrrole nitrogens is 1. The number of phosphoric acid groups is 1. The molecular weight excluding hydrogens is 557 g/mol. The Morgan fingerprint density at radius 1 is 1.16 bits per heavy atom. The van der Waals surface area contributed by atoms with Gasteiger partial charge in [0.1, 0.15) is 36.6 Å². The molecule has 0 aliphatic carbocycles. The lowest BCUT2D eigenvalue weighted by atomic mass is 10.1. The molecule has 0 bridgehead atoms. The average Bonchev–Trinajstić information content (AvgIpc) is 3.26. The zero-order valence-corrected chi connectivity index (χ0v) is 20.0. The van der Waals surface area contributed by atoms with Crippen LogP contribution in [0.25, 0.3) is 0 Å². The summed E-state index contributed by atoms with van der Waals surface area (Å²) in [7, 11) is -11.6. The number of ether oxygens (including phenoxy) is 2. The number of hydrogen-bond acceptors (Lipinski definition) is 14. The maximum Gasteiger partial charge on any atom is 0.479 e. The zero-order chi connectivity index (χ0) is 27.9. The van der Waals surface area contributed by atoms with Crippen LogP contribution in [0.2, 0.25) is 0 Å². The summed E-state index contributed by atoms with van der Waals surface area (Å²) in [5.74, 6) is -1.41. The second kappa shape index (κ2) is 11.1. The Morgan fingerprint density at radius 3 is 2.41 bits per heavy atom. The minimum atomic E-state index is -5.94. The van der Waals surface area contributed by atoms with Crippen molar-refractivity contribution in [3.8, 4) is 0 Å². The Hall–Kier alpha value is -1.83. The van der Waals surface area contributed by atoms with Crippen molar-refractivity contribution in [2.24, 2.45) is 0 Å². The van der Waals surface area contributed by atoms with E-state index >= 15 is 0 Å². The first-order chi connectivity index (χ1) is 17.1. The Morgan fingerprint density at radius 2 is 1.81 bits per heavy atom. The van der Waals surface area contributed by atoms with Gasteiger partial charge in [0.05, 0.1) is 13.2 Å². The first-order valence-electron chi connectivity index (χ1n) is 10.2. The number of nitrogens with one attached hydrogen (secondary N) is 1. The molecule has 0 aromatic carbocycles. The van der Waals surface area contributed by atoms with Gasteiger partial charge in [-0.05, 0) is 0 Å². The van der Waals surface area contributed by atoms with E-state index in [9.17, 15) is 58.4 Å². The molecule has 18 nitrogen and oxygen atoms in total. The first kappa shape index (κ1) is 29.7. The number of halogens is 1. The topological polar surface area (TPSA) is 288 Å². The standard InChI is InChI=1S/C16H23FN2O16P2/c17-14(13-10(25)9(24)12(34-13)5(21)3-20)36(28,29)35-37(30,31)32-4-6-8(23)11(26)15(33-6)19-2-1-7(22)18-16(19)27/h1-2,5-6,8-12,15,20-21,23-26H,3-4H2,(H,28,29)(H,30,31)(H,18,22,27)/b14-13+/t5-,6-,8-,9-,10-,11-,12+,15-/m1/s1. The van der Waals surface area contributed by atoms with Gasteiger partial charge in [0.2, 0.25) is 0 Å². The summed E-state index contributed by atoms with van der Waals surface area (Å²) in [5.41, 5.74) is -4.12. The molecule has 210 valence electrons. The van der Waals surface area contributed by atoms with E-state index in [0.717, 1.165) is 12.3 Å². The molecule has 21 heteroatoms. The molecule has 1 aromatic rings. The van der Waals surface area contributed by atoms with Crippen molar-refractivity contribution < 1.29 is 72.3 Å². The molecular formula is C16H23FN2O16P2. The fourth-order valence-electron chi connectivity index (χ4n) is 3.43. The van der Waals surface area contributed by atoms with E-state index in [2.05, 4.69) is 13.6 Å². The third-order valence-corrected chi connectivity index (χ3v) is 8.19. The molecule has 2 aliphatic rings. The van der Waals surface area contributed by atoms with Crippen LogP contribution < -0.4 is 11.2 Å². The van der Waals surface area contributed by atoms with Crippen molar-refractivity contribution in [3.05, 3.63) is 44.4 Å². The molecule has 0 saturated carbocycles. The number of nitrogens with zero attached hydrogens (tertiary/aromatic N) is 1. The highest BCUT2D eigenvalue weighted by Crippen LogP contribution is 2.65. The van der Waals surface area contributed by atoms with E-state index < -0.39 is 100 Å². The van der Waals surface area contributed by atoms with Gasteiger partial charge < -0.3 is 49.9 Å². The van der Waals surface area contributed by atoms with Gasteiger partial charge in [-0.25, -0.2) is 13.7 Å². The van der Waals surface area contributed by atoms with Crippen LogP contribution in [-0.4, -0.2) is 106 Å². The largest absolute Gasteiger partial charge is 0.483 e. The molecule has 0 amide bonds. The maximum absolute atomic E-state index is 14.6. The van der Waals surface area contributed by atoms with Crippen LogP contribution in [0, 0.1) is 0 Å². The number of aromatic nitrogens is 2. The average molecular weight is 580 g/mol. The molecule has 9 N–H and O–H groups in total. The predicted molar refractivity (Wildman–Crippen MR) is 112 cm³/mol. The summed E-state index contributed by atoms with van der Waals surface area (Å²) >= 11 is 0. The van der Waals surface area contributed by atoms with E-state index in [-0.39, 0.29) is 0 Å². The molecule has 2 fully saturated rings. The third kappa shape index (κ3) is 6.26. The van der Waals surface area contributed by atoms with Crippen LogP contribution in [0.3, 0.4) is 0 Å². The summed E-state index contributed by atoms with van der Waals surface area (Å²) in [4.78, 5) is 44.5. The predicted octanol–water partition coefficient (Wildman–Crippen LogP) is -3.91. The second-order valence-corrected chi connectivity index (χ2v) is 11.1. The van der Waals surface area contributed by atoms with Crippen LogP contribution in [0.15, 0.2) is 33.2 Å². The maximum atomic E-state index is 14.6. The summed E-state index contributed by atoms with van der Waals surface area (Å²) in [6, 6.07) is 0.905. The van der Waals surface area contributed by atoms with Crippen molar-refractivity contribution in [1.82, 2.24) is 9.55 Å². The highest BCUT2D eigenvalue weighted by Gasteiger charge is 2.50. The Labute approximate surface area is 204 Å². The van der Waals surface area contributed by atoms with E-state index in [0.29, 0.717) is 4.57 Å². The number of aliphatic hydroxyl groups excluding tert-OH is 6. The number of hydrogen-bond donors (Lipinski definition) is 9. The number of rotatable bonds is 9. The quantitative estimate of drug-likeness (QED) is 0.126. The third-order valence-electron chi connectivity index (χ3n) is 5.29. The van der Waals surface area contributed by atoms with Gasteiger partial charge in [-0.3, -0.25) is 23.4 Å². The molecule has 10 atom stereocenters. The van der Waals surface area contributed by atoms with Crippen molar-refractivity contribution in [2.75, 3.05) is 13.2 Å². The van der Waals surface area contributed by atoms with E-state index in [1.807, 2.05) is 4.98 Å². The summed E-state index contributed by atoms with van der Waals surface area (Å²) in [5, 5.41) is 58.3. The highest BCUT2D eigenvalue weighted by molar-refractivity contribution is 7.66. The van der Waals surface area contributed by atoms with Crippen LogP contribution in [-0.2, 0) is 27.4 Å². The lowest BCUT2D eigenvalue weighted by Crippen LogP contribution is -2.40. The molecule has 3 rings (SSSR count). The number of aliphatic hydroxyl groups is 6. The minimum Gasteiger partial charge on any atom is -0.483 e. The molecule has 2 saturated heterocycles. The van der Waals surface area contributed by atoms with Crippen molar-refractivity contribution >= 4 is 15.4 Å². The van der Waals surface area contributed by atoms with Gasteiger partial charge in [0, 0.05) is 12.3 Å². The Bertz CT molecular complexity index is 1240. The fraction of sp³-hybridized carbons (Fsp3) is 0.625. The molecule has 2 aliphatic heterocycles. The Balaban J connectivity index is 1.69. The van der Waals surface area contributed by atoms with E-state index in [1.165, 1.54) is 0 Å². The van der Waals surface area contributed by atoms with Gasteiger partial charge in [-0.15, -0.1) is 0 Å². The molecule has 37 heavy (non-hydrogen) atoms. The van der Waals surface area contributed by atoms with E-state index in [1.54, 1.807) is 0 Å². The molecule has 1 aromatic heterocycles. The van der Waals surface area contributed by atoms with Crippen LogP contribution >= 0.6 is 15.4 Å². The van der Waals surface area contributed by atoms with E-state index in [4.69, 9.17) is 9.84 Å². The van der Waals surface area contributed by atoms with Crippen molar-refractivity contribution in [3.63, 3.8) is 0 Å². The molecule has 0 spiro atoms. The van der Waals surface area contributed by atoms with Gasteiger partial charge in [0.25, 0.3) is 11.1 Å². The molecule has 3 heterocycles. The highest BCUT2D eigenvalue weighted by atomic mass is 31.3. The number of phosphoric ester groups is 1. The number of aromatic amines is 1. The van der Waals surface area contributed by atoms with Crippen molar-refractivity contribution in [1.29, 1.82) is 0 Å². The van der Waals surface area contributed by atoms with Crippen LogP contribution in [0.5, 0.6) is 0 Å². The van der Waals surface area contributed by atoms with Crippen molar-refractivity contribution in [2.45, 2.75) is 49.0 Å². The fourth-order valence-corrected chi connectivity index (χ4v) is 5.82. The lowest BCUT2D eigenvalue weighted by Gasteiger charge is -2.20. The summed E-state index contributed by atoms with van der Waals surface area (Å²) < 4.78 is 58.0. The lowest BCUT2D eigenvalue weighted by molar-refractivity contribution is -0.0632.